The molecule has 0 bridgehead atoms. The van der Waals surface area contributed by atoms with Gasteiger partial charge < -0.3 is 14.4 Å². The Morgan fingerprint density at radius 2 is 0.560 bits per heavy atom. The van der Waals surface area contributed by atoms with Crippen molar-refractivity contribution >= 4 is 117 Å². The van der Waals surface area contributed by atoms with Crippen LogP contribution in [0.2, 0.25) is 0 Å². The summed E-state index contributed by atoms with van der Waals surface area (Å²) in [5.74, 6) is 1.94. The fraction of sp³-hybridized carbons (Fsp3) is 0. The van der Waals surface area contributed by atoms with Gasteiger partial charge in [0.15, 0.2) is 0 Å². The normalized spacial score (nSPS) is 11.6. The third-order valence-electron chi connectivity index (χ3n) is 16.2. The highest BCUT2D eigenvalue weighted by atomic mass is 15.3. The average Bonchev–Trinajstić information content (AvgIpc) is 3.13. The molecule has 0 saturated carbocycles. The summed E-state index contributed by atoms with van der Waals surface area (Å²) < 4.78 is 6.96. The molecule has 0 saturated heterocycles. The standard InChI is InChI=1S/C76H52N8/c1-7-25-53(26-8-1)79(54-27-9-2-10-28-54)59-45-48-71-67(49-59)64-39-21-23-41-69(64)83(71)75-52-74(81(57-33-15-5-16-34-57)61-44-47-65-62-37-19-22-40-68(62)82(72(65)51-61)58-35-17-6-18-36-58)77-76(78-75)84-70-42-24-20-38-63(70)66-46-43-60(50-73(66)84)80(55-29-11-3-12-30-55)56-31-13-4-14-32-56/h1-52H. The zero-order valence-electron chi connectivity index (χ0n) is 45.6. The van der Waals surface area contributed by atoms with Gasteiger partial charge in [0, 0.05) is 89.6 Å². The molecule has 16 rings (SSSR count). The highest BCUT2D eigenvalue weighted by Gasteiger charge is 2.26. The first-order valence-corrected chi connectivity index (χ1v) is 28.4. The zero-order valence-corrected chi connectivity index (χ0v) is 45.6. The van der Waals surface area contributed by atoms with Crippen molar-refractivity contribution in [2.24, 2.45) is 0 Å². The molecule has 0 radical (unpaired) electrons. The summed E-state index contributed by atoms with van der Waals surface area (Å²) in [5, 5.41) is 6.76. The second-order valence-electron chi connectivity index (χ2n) is 21.1. The van der Waals surface area contributed by atoms with Crippen LogP contribution in [0.25, 0.3) is 82.9 Å². The van der Waals surface area contributed by atoms with Crippen LogP contribution in [-0.4, -0.2) is 23.7 Å². The van der Waals surface area contributed by atoms with Gasteiger partial charge >= 0.3 is 0 Å². The molecule has 0 unspecified atom stereocenters. The lowest BCUT2D eigenvalue weighted by Crippen LogP contribution is -2.16. The van der Waals surface area contributed by atoms with E-state index in [4.69, 9.17) is 9.97 Å². The number of rotatable bonds is 12. The Balaban J connectivity index is 0.981. The van der Waals surface area contributed by atoms with Crippen molar-refractivity contribution in [3.63, 3.8) is 0 Å². The number of para-hydroxylation sites is 9. The van der Waals surface area contributed by atoms with Gasteiger partial charge in [-0.3, -0.25) is 14.0 Å². The van der Waals surface area contributed by atoms with Gasteiger partial charge in [0.1, 0.15) is 11.6 Å². The van der Waals surface area contributed by atoms with Gasteiger partial charge in [-0.1, -0.05) is 176 Å². The average molecular weight is 1080 g/mol. The Labute approximate surface area is 485 Å². The fourth-order valence-electron chi connectivity index (χ4n) is 12.5. The summed E-state index contributed by atoms with van der Waals surface area (Å²) in [7, 11) is 0. The van der Waals surface area contributed by atoms with Crippen molar-refractivity contribution in [2.75, 3.05) is 14.7 Å². The van der Waals surface area contributed by atoms with Crippen molar-refractivity contribution in [3.8, 4) is 17.5 Å². The summed E-state index contributed by atoms with van der Waals surface area (Å²) in [6.45, 7) is 0. The first kappa shape index (κ1) is 48.4. The first-order chi connectivity index (χ1) is 41.7. The van der Waals surface area contributed by atoms with E-state index in [1.807, 2.05) is 0 Å². The van der Waals surface area contributed by atoms with Crippen LogP contribution in [0.1, 0.15) is 0 Å². The topological polar surface area (TPSA) is 50.3 Å². The molecule has 0 atom stereocenters. The maximum Gasteiger partial charge on any atom is 0.238 e. The number of fused-ring (bicyclic) bond motifs is 9. The Bertz CT molecular complexity index is 5000. The van der Waals surface area contributed by atoms with Gasteiger partial charge in [-0.15, -0.1) is 0 Å². The number of aromatic nitrogens is 5. The van der Waals surface area contributed by atoms with Gasteiger partial charge in [-0.05, 0) is 133 Å². The van der Waals surface area contributed by atoms with Gasteiger partial charge in [-0.2, -0.15) is 9.97 Å². The predicted octanol–water partition coefficient (Wildman–Crippen LogP) is 20.2. The molecule has 0 N–H and O–H groups in total. The van der Waals surface area contributed by atoms with Crippen LogP contribution < -0.4 is 14.7 Å². The molecule has 16 aromatic rings. The van der Waals surface area contributed by atoms with Gasteiger partial charge in [0.25, 0.3) is 0 Å². The Morgan fingerprint density at radius 3 is 1.06 bits per heavy atom. The van der Waals surface area contributed by atoms with Gasteiger partial charge in [-0.25, -0.2) is 0 Å². The van der Waals surface area contributed by atoms with E-state index >= 15 is 0 Å². The summed E-state index contributed by atoms with van der Waals surface area (Å²) in [4.78, 5) is 18.6. The van der Waals surface area contributed by atoms with E-state index in [1.165, 1.54) is 10.8 Å². The maximum absolute atomic E-state index is 5.84. The SMILES string of the molecule is c1ccc(N(c2ccccc2)c2ccc3c(c2)c2ccccc2n3-c2cc(N(c3ccccc3)c3ccc4c5ccccc5n(-c5ccccc5)c4c3)nc(-n3c4ccccc4c4ccc(N(c5ccccc5)c5ccccc5)cc43)n2)cc1. The first-order valence-electron chi connectivity index (χ1n) is 28.4. The minimum absolute atomic E-state index is 0.527. The fourth-order valence-corrected chi connectivity index (χ4v) is 12.5. The molecule has 0 aliphatic carbocycles. The number of anilines is 9. The minimum atomic E-state index is 0.527. The molecule has 12 aromatic carbocycles. The molecule has 4 heterocycles. The second kappa shape index (κ2) is 20.3. The number of benzene rings is 12. The second-order valence-corrected chi connectivity index (χ2v) is 21.1. The minimum Gasteiger partial charge on any atom is -0.310 e. The monoisotopic (exact) mass is 1080 g/mol. The van der Waals surface area contributed by atoms with Crippen LogP contribution in [0.15, 0.2) is 315 Å². The van der Waals surface area contributed by atoms with E-state index < -0.39 is 0 Å². The molecule has 0 amide bonds. The molecule has 396 valence electrons. The lowest BCUT2D eigenvalue weighted by Gasteiger charge is -2.26. The zero-order chi connectivity index (χ0) is 55.5. The molecule has 84 heavy (non-hydrogen) atoms. The summed E-state index contributed by atoms with van der Waals surface area (Å²) in [6, 6.07) is 112. The Morgan fingerprint density at radius 1 is 0.214 bits per heavy atom. The van der Waals surface area contributed by atoms with Crippen LogP contribution in [0.4, 0.5) is 51.3 Å². The summed E-state index contributed by atoms with van der Waals surface area (Å²) >= 11 is 0. The molecule has 8 nitrogen and oxygen atoms in total. The van der Waals surface area contributed by atoms with E-state index in [1.54, 1.807) is 0 Å². The van der Waals surface area contributed by atoms with Crippen molar-refractivity contribution in [1.29, 1.82) is 0 Å². The maximum atomic E-state index is 5.84. The lowest BCUT2D eigenvalue weighted by molar-refractivity contribution is 0.941. The number of hydrogen-bond acceptors (Lipinski definition) is 5. The molecular weight excluding hydrogens is 1020 g/mol. The van der Waals surface area contributed by atoms with E-state index in [-0.39, 0.29) is 0 Å². The van der Waals surface area contributed by atoms with E-state index in [0.29, 0.717) is 11.8 Å². The molecular formula is C76H52N8. The van der Waals surface area contributed by atoms with Crippen molar-refractivity contribution in [2.45, 2.75) is 0 Å². The highest BCUT2D eigenvalue weighted by molar-refractivity contribution is 6.13. The van der Waals surface area contributed by atoms with E-state index in [9.17, 15) is 0 Å². The molecule has 0 fully saturated rings. The summed E-state index contributed by atoms with van der Waals surface area (Å²) in [5.41, 5.74) is 15.5. The van der Waals surface area contributed by atoms with E-state index in [0.717, 1.165) is 112 Å². The smallest absolute Gasteiger partial charge is 0.238 e. The Kier molecular flexibility index (Phi) is 11.7. The predicted molar refractivity (Wildman–Crippen MR) is 349 cm³/mol. The van der Waals surface area contributed by atoms with Crippen LogP contribution >= 0.6 is 0 Å². The number of hydrogen-bond donors (Lipinski definition) is 0. The largest absolute Gasteiger partial charge is 0.310 e. The molecule has 0 aliphatic heterocycles. The quantitative estimate of drug-likeness (QED) is 0.122. The third-order valence-corrected chi connectivity index (χ3v) is 16.2. The van der Waals surface area contributed by atoms with Crippen LogP contribution in [0.5, 0.6) is 0 Å². The van der Waals surface area contributed by atoms with Gasteiger partial charge in [0.2, 0.25) is 5.95 Å². The van der Waals surface area contributed by atoms with Crippen LogP contribution in [-0.2, 0) is 0 Å². The Hall–Kier alpha value is -11.5. The summed E-state index contributed by atoms with van der Waals surface area (Å²) in [6.07, 6.45) is 0. The van der Waals surface area contributed by atoms with Crippen molar-refractivity contribution < 1.29 is 0 Å². The lowest BCUT2D eigenvalue weighted by atomic mass is 10.1. The van der Waals surface area contributed by atoms with E-state index in [2.05, 4.69) is 344 Å². The van der Waals surface area contributed by atoms with Crippen LogP contribution in [0.3, 0.4) is 0 Å². The highest BCUT2D eigenvalue weighted by Crippen LogP contribution is 2.45. The van der Waals surface area contributed by atoms with Crippen molar-refractivity contribution in [3.05, 3.63) is 315 Å². The molecule has 0 aliphatic rings. The molecule has 4 aromatic heterocycles. The van der Waals surface area contributed by atoms with Crippen molar-refractivity contribution in [1.82, 2.24) is 23.7 Å². The number of nitrogens with zero attached hydrogens (tertiary/aromatic N) is 8. The molecule has 0 spiro atoms. The molecule has 8 heteroatoms. The van der Waals surface area contributed by atoms with Gasteiger partial charge in [0.05, 0.1) is 33.1 Å². The third kappa shape index (κ3) is 8.15. The van der Waals surface area contributed by atoms with Crippen LogP contribution in [0, 0.1) is 0 Å².